The lowest BCUT2D eigenvalue weighted by Gasteiger charge is -2.07. The van der Waals surface area contributed by atoms with E-state index >= 15 is 0 Å². The summed E-state index contributed by atoms with van der Waals surface area (Å²) in [7, 11) is -3.56. The zero-order valence-corrected chi connectivity index (χ0v) is 11.6. The van der Waals surface area contributed by atoms with Crippen LogP contribution in [-0.4, -0.2) is 24.1 Å². The van der Waals surface area contributed by atoms with Crippen molar-refractivity contribution in [3.05, 3.63) is 22.3 Å². The van der Waals surface area contributed by atoms with Crippen LogP contribution in [0.2, 0.25) is 0 Å². The fourth-order valence-corrected chi connectivity index (χ4v) is 2.55. The molecule has 0 saturated carbocycles. The van der Waals surface area contributed by atoms with Gasteiger partial charge in [-0.25, -0.2) is 13.4 Å². The quantitative estimate of drug-likeness (QED) is 0.813. The maximum atomic E-state index is 11.5. The Morgan fingerprint density at radius 3 is 2.75 bits per heavy atom. The summed E-state index contributed by atoms with van der Waals surface area (Å²) >= 11 is 7.81. The minimum atomic E-state index is -3.56. The number of anilines is 1. The number of nitrogens with two attached hydrogens (primary N) is 1. The second-order valence-corrected chi connectivity index (χ2v) is 6.19. The van der Waals surface area contributed by atoms with Gasteiger partial charge in [0.15, 0.2) is 0 Å². The van der Waals surface area contributed by atoms with E-state index in [0.717, 1.165) is 4.47 Å². The van der Waals surface area contributed by atoms with Gasteiger partial charge in [-0.1, -0.05) is 12.2 Å². The summed E-state index contributed by atoms with van der Waals surface area (Å²) in [5, 5.41) is 0. The predicted molar refractivity (Wildman–Crippen MR) is 70.9 cm³/mol. The number of pyridine rings is 1. The average Bonchev–Trinajstić information content (AvgIpc) is 2.08. The Bertz CT molecular complexity index is 516. The molecule has 0 fully saturated rings. The maximum Gasteiger partial charge on any atom is 0.240 e. The molecular formula is C8H10BrN3O2S2. The number of aromatic nitrogens is 1. The van der Waals surface area contributed by atoms with Crippen LogP contribution < -0.4 is 10.5 Å². The van der Waals surface area contributed by atoms with E-state index in [2.05, 4.69) is 37.9 Å². The highest BCUT2D eigenvalue weighted by atomic mass is 79.9. The fraction of sp³-hybridized carbons (Fsp3) is 0.250. The maximum absolute atomic E-state index is 11.5. The lowest BCUT2D eigenvalue weighted by molar-refractivity contribution is 0.604. The standard InChI is InChI=1S/C8H10BrN3O2S2/c1-5-6(9)2-3-8(11-5)12-16(13,14)4-7(10)15/h2-3H,4H2,1H3,(H2,10,15)(H,11,12). The third kappa shape index (κ3) is 4.03. The average molecular weight is 324 g/mol. The molecule has 0 aliphatic rings. The molecule has 88 valence electrons. The third-order valence-corrected chi connectivity index (χ3v) is 3.99. The lowest BCUT2D eigenvalue weighted by atomic mass is 10.4. The van der Waals surface area contributed by atoms with E-state index in [1.165, 1.54) is 0 Å². The van der Waals surface area contributed by atoms with Crippen molar-refractivity contribution >= 4 is 49.0 Å². The number of halogens is 1. The van der Waals surface area contributed by atoms with Gasteiger partial charge in [-0.05, 0) is 35.0 Å². The number of nitrogens with zero attached hydrogens (tertiary/aromatic N) is 1. The Morgan fingerprint density at radius 2 is 2.25 bits per heavy atom. The van der Waals surface area contributed by atoms with Crippen LogP contribution in [0.15, 0.2) is 16.6 Å². The summed E-state index contributed by atoms with van der Waals surface area (Å²) in [6.07, 6.45) is 0. The molecular weight excluding hydrogens is 314 g/mol. The molecule has 1 aromatic rings. The molecule has 3 N–H and O–H groups in total. The highest BCUT2D eigenvalue weighted by molar-refractivity contribution is 9.10. The summed E-state index contributed by atoms with van der Waals surface area (Å²) in [5.74, 6) is -0.143. The van der Waals surface area contributed by atoms with Gasteiger partial charge in [-0.2, -0.15) is 0 Å². The zero-order valence-electron chi connectivity index (χ0n) is 8.40. The Hall–Kier alpha value is -0.730. The van der Waals surface area contributed by atoms with Crippen molar-refractivity contribution in [2.24, 2.45) is 5.73 Å². The van der Waals surface area contributed by atoms with Gasteiger partial charge in [0.1, 0.15) is 11.6 Å². The molecule has 5 nitrogen and oxygen atoms in total. The molecule has 0 radical (unpaired) electrons. The Morgan fingerprint density at radius 1 is 1.62 bits per heavy atom. The van der Waals surface area contributed by atoms with Crippen molar-refractivity contribution in [3.8, 4) is 0 Å². The summed E-state index contributed by atoms with van der Waals surface area (Å²) in [4.78, 5) is 3.96. The first kappa shape index (κ1) is 13.3. The molecule has 1 rings (SSSR count). The van der Waals surface area contributed by atoms with Gasteiger partial charge in [0.05, 0.1) is 10.7 Å². The number of rotatable bonds is 4. The van der Waals surface area contributed by atoms with E-state index < -0.39 is 10.0 Å². The first-order chi connectivity index (χ1) is 7.30. The molecule has 0 amide bonds. The monoisotopic (exact) mass is 323 g/mol. The van der Waals surface area contributed by atoms with Crippen LogP contribution in [0.25, 0.3) is 0 Å². The Labute approximate surface area is 108 Å². The number of hydrogen-bond acceptors (Lipinski definition) is 4. The predicted octanol–water partition coefficient (Wildman–Crippen LogP) is 1.18. The highest BCUT2D eigenvalue weighted by Gasteiger charge is 2.12. The van der Waals surface area contributed by atoms with E-state index in [-0.39, 0.29) is 16.6 Å². The first-order valence-corrected chi connectivity index (χ1v) is 7.07. The molecule has 0 bridgehead atoms. The van der Waals surface area contributed by atoms with Crippen molar-refractivity contribution < 1.29 is 8.42 Å². The number of hydrogen-bond donors (Lipinski definition) is 2. The fourth-order valence-electron chi connectivity index (χ4n) is 0.984. The number of aryl methyl sites for hydroxylation is 1. The van der Waals surface area contributed by atoms with Gasteiger partial charge in [0, 0.05) is 4.47 Å². The third-order valence-electron chi connectivity index (χ3n) is 1.61. The highest BCUT2D eigenvalue weighted by Crippen LogP contribution is 2.16. The molecule has 0 aromatic carbocycles. The number of thiocarbonyl (C=S) groups is 1. The van der Waals surface area contributed by atoms with Gasteiger partial charge in [-0.15, -0.1) is 0 Å². The smallest absolute Gasteiger partial charge is 0.240 e. The molecule has 0 unspecified atom stereocenters. The van der Waals surface area contributed by atoms with E-state index in [1.807, 2.05) is 0 Å². The topological polar surface area (TPSA) is 85.1 Å². The minimum absolute atomic E-state index is 0.0821. The Balaban J connectivity index is 2.88. The van der Waals surface area contributed by atoms with E-state index in [9.17, 15) is 8.42 Å². The normalized spacial score (nSPS) is 11.1. The number of nitrogens with one attached hydrogen (secondary N) is 1. The molecule has 8 heteroatoms. The van der Waals surface area contributed by atoms with Crippen LogP contribution in [0.5, 0.6) is 0 Å². The van der Waals surface area contributed by atoms with Crippen molar-refractivity contribution in [2.75, 3.05) is 10.5 Å². The largest absolute Gasteiger partial charge is 0.392 e. The van der Waals surface area contributed by atoms with E-state index in [1.54, 1.807) is 19.1 Å². The molecule has 16 heavy (non-hydrogen) atoms. The van der Waals surface area contributed by atoms with Crippen molar-refractivity contribution in [3.63, 3.8) is 0 Å². The van der Waals surface area contributed by atoms with Crippen LogP contribution in [0.1, 0.15) is 5.69 Å². The van der Waals surface area contributed by atoms with Crippen molar-refractivity contribution in [2.45, 2.75) is 6.92 Å². The van der Waals surface area contributed by atoms with Gasteiger partial charge < -0.3 is 5.73 Å². The molecule has 1 aromatic heterocycles. The molecule has 0 aliphatic heterocycles. The summed E-state index contributed by atoms with van der Waals surface area (Å²) in [5.41, 5.74) is 5.86. The summed E-state index contributed by atoms with van der Waals surface area (Å²) in [6.45, 7) is 1.76. The molecule has 0 aliphatic carbocycles. The number of sulfonamides is 1. The molecule has 1 heterocycles. The van der Waals surface area contributed by atoms with Crippen LogP contribution in [0.4, 0.5) is 5.82 Å². The molecule has 0 atom stereocenters. The first-order valence-electron chi connectivity index (χ1n) is 4.22. The van der Waals surface area contributed by atoms with Crippen LogP contribution >= 0.6 is 28.1 Å². The SMILES string of the molecule is Cc1nc(NS(=O)(=O)CC(N)=S)ccc1Br. The van der Waals surface area contributed by atoms with Gasteiger partial charge >= 0.3 is 0 Å². The van der Waals surface area contributed by atoms with Crippen LogP contribution in [-0.2, 0) is 10.0 Å². The molecule has 0 spiro atoms. The van der Waals surface area contributed by atoms with Crippen LogP contribution in [0, 0.1) is 6.92 Å². The lowest BCUT2D eigenvalue weighted by Crippen LogP contribution is -2.26. The van der Waals surface area contributed by atoms with Crippen molar-refractivity contribution in [1.82, 2.24) is 4.98 Å². The second-order valence-electron chi connectivity index (χ2n) is 3.09. The Kier molecular flexibility index (Phi) is 4.22. The summed E-state index contributed by atoms with van der Waals surface area (Å²) in [6, 6.07) is 3.26. The zero-order chi connectivity index (χ0) is 12.3. The minimum Gasteiger partial charge on any atom is -0.392 e. The van der Waals surface area contributed by atoms with Crippen molar-refractivity contribution in [1.29, 1.82) is 0 Å². The van der Waals surface area contributed by atoms with Gasteiger partial charge in [-0.3, -0.25) is 4.72 Å². The van der Waals surface area contributed by atoms with E-state index in [0.29, 0.717) is 5.69 Å². The second kappa shape index (κ2) is 5.07. The van der Waals surface area contributed by atoms with Crippen LogP contribution in [0.3, 0.4) is 0 Å². The summed E-state index contributed by atoms with van der Waals surface area (Å²) < 4.78 is 26.1. The van der Waals surface area contributed by atoms with Gasteiger partial charge in [0.2, 0.25) is 10.0 Å². The molecule has 0 saturated heterocycles. The van der Waals surface area contributed by atoms with E-state index in [4.69, 9.17) is 5.73 Å². The van der Waals surface area contributed by atoms with Gasteiger partial charge in [0.25, 0.3) is 0 Å².